The van der Waals surface area contributed by atoms with Crippen molar-refractivity contribution >= 4 is 45.1 Å². The van der Waals surface area contributed by atoms with Gasteiger partial charge in [0.25, 0.3) is 0 Å². The van der Waals surface area contributed by atoms with Crippen molar-refractivity contribution in [2.24, 2.45) is 5.92 Å². The number of hydrogen-bond donors (Lipinski definition) is 1. The molecule has 7 heteroatoms. The number of carbonyl (C=O) groups is 3. The van der Waals surface area contributed by atoms with Gasteiger partial charge in [-0.05, 0) is 24.6 Å². The van der Waals surface area contributed by atoms with E-state index in [0.29, 0.717) is 18.5 Å². The van der Waals surface area contributed by atoms with Crippen LogP contribution in [0.15, 0.2) is 23.7 Å². The van der Waals surface area contributed by atoms with Crippen molar-refractivity contribution in [3.8, 4) is 0 Å². The van der Waals surface area contributed by atoms with Gasteiger partial charge in [-0.3, -0.25) is 14.9 Å². The molecule has 1 atom stereocenters. The normalized spacial score (nSPS) is 19.2. The minimum absolute atomic E-state index is 0.428. The summed E-state index contributed by atoms with van der Waals surface area (Å²) in [5.41, 5.74) is 2.98. The average molecular weight is 303 g/mol. The summed E-state index contributed by atoms with van der Waals surface area (Å²) >= 11 is 1.43. The number of nitrogens with zero attached hydrogens (tertiary/aromatic N) is 2. The smallest absolute Gasteiger partial charge is 0.277 e. The Morgan fingerprint density at radius 3 is 2.90 bits per heavy atom. The molecule has 0 bridgehead atoms. The average Bonchev–Trinajstić information content (AvgIpc) is 2.91. The van der Waals surface area contributed by atoms with Crippen LogP contribution in [0.25, 0.3) is 10.2 Å². The molecule has 1 fully saturated rings. The molecule has 0 radical (unpaired) electrons. The molecule has 1 aromatic heterocycles. The number of barbiturate groups is 1. The third-order valence-electron chi connectivity index (χ3n) is 3.42. The summed E-state index contributed by atoms with van der Waals surface area (Å²) in [5.74, 6) is -1.78. The van der Waals surface area contributed by atoms with E-state index >= 15 is 0 Å². The van der Waals surface area contributed by atoms with Crippen molar-refractivity contribution < 1.29 is 14.4 Å². The standard InChI is InChI=1S/C14H13N3O3S/c1-2-3-9-12(18)16-14(20)17(13(9)19)8-4-5-10-11(6-8)21-7-15-10/h4-7,9H,2-3H2,1H3,(H,16,18,20). The quantitative estimate of drug-likeness (QED) is 0.882. The van der Waals surface area contributed by atoms with Crippen molar-refractivity contribution in [2.75, 3.05) is 4.90 Å². The zero-order valence-corrected chi connectivity index (χ0v) is 12.1. The van der Waals surface area contributed by atoms with Gasteiger partial charge in [0, 0.05) is 0 Å². The molecule has 1 N–H and O–H groups in total. The molecule has 108 valence electrons. The van der Waals surface area contributed by atoms with E-state index in [0.717, 1.165) is 15.1 Å². The molecule has 0 aliphatic carbocycles. The number of amides is 4. The van der Waals surface area contributed by atoms with Crippen LogP contribution in [0.4, 0.5) is 10.5 Å². The highest BCUT2D eigenvalue weighted by atomic mass is 32.1. The second kappa shape index (κ2) is 5.25. The van der Waals surface area contributed by atoms with Gasteiger partial charge in [0.15, 0.2) is 0 Å². The minimum atomic E-state index is -0.801. The third kappa shape index (κ3) is 2.29. The first-order chi connectivity index (χ1) is 10.1. The Morgan fingerprint density at radius 1 is 1.33 bits per heavy atom. The molecular weight excluding hydrogens is 290 g/mol. The highest BCUT2D eigenvalue weighted by Crippen LogP contribution is 2.27. The maximum Gasteiger partial charge on any atom is 0.335 e. The number of rotatable bonds is 3. The van der Waals surface area contributed by atoms with E-state index < -0.39 is 23.8 Å². The van der Waals surface area contributed by atoms with Gasteiger partial charge in [0.2, 0.25) is 11.8 Å². The molecule has 1 unspecified atom stereocenters. The van der Waals surface area contributed by atoms with Crippen LogP contribution >= 0.6 is 11.3 Å². The van der Waals surface area contributed by atoms with Gasteiger partial charge in [-0.15, -0.1) is 11.3 Å². The first-order valence-corrected chi connectivity index (χ1v) is 7.52. The number of hydrogen-bond acceptors (Lipinski definition) is 5. The van der Waals surface area contributed by atoms with E-state index in [2.05, 4.69) is 10.3 Å². The van der Waals surface area contributed by atoms with Gasteiger partial charge < -0.3 is 0 Å². The van der Waals surface area contributed by atoms with Crippen molar-refractivity contribution in [1.29, 1.82) is 0 Å². The second-order valence-electron chi connectivity index (χ2n) is 4.81. The lowest BCUT2D eigenvalue weighted by Gasteiger charge is -2.29. The molecule has 2 aromatic rings. The number of carbonyl (C=O) groups excluding carboxylic acids is 3. The fraction of sp³-hybridized carbons (Fsp3) is 0.286. The van der Waals surface area contributed by atoms with Crippen LogP contribution in [0, 0.1) is 5.92 Å². The predicted molar refractivity (Wildman–Crippen MR) is 79.0 cm³/mol. The number of thiazole rings is 1. The first kappa shape index (κ1) is 13.7. The van der Waals surface area contributed by atoms with Gasteiger partial charge in [-0.25, -0.2) is 14.7 Å². The van der Waals surface area contributed by atoms with Crippen LogP contribution in [0.5, 0.6) is 0 Å². The number of nitrogens with one attached hydrogen (secondary N) is 1. The third-order valence-corrected chi connectivity index (χ3v) is 4.21. The van der Waals surface area contributed by atoms with Gasteiger partial charge in [0.05, 0.1) is 21.4 Å². The SMILES string of the molecule is CCCC1C(=O)NC(=O)N(c2ccc3ncsc3c2)C1=O. The van der Waals surface area contributed by atoms with Gasteiger partial charge in [-0.2, -0.15) is 0 Å². The largest absolute Gasteiger partial charge is 0.335 e. The first-order valence-electron chi connectivity index (χ1n) is 6.64. The van der Waals surface area contributed by atoms with Crippen LogP contribution in [-0.2, 0) is 9.59 Å². The van der Waals surface area contributed by atoms with E-state index in [1.165, 1.54) is 11.3 Å². The summed E-state index contributed by atoms with van der Waals surface area (Å²) in [6.45, 7) is 1.89. The van der Waals surface area contributed by atoms with Crippen LogP contribution < -0.4 is 10.2 Å². The molecule has 1 aliphatic rings. The molecule has 1 saturated heterocycles. The van der Waals surface area contributed by atoms with E-state index in [1.807, 2.05) is 6.92 Å². The summed E-state index contributed by atoms with van der Waals surface area (Å²) in [7, 11) is 0. The number of anilines is 1. The van der Waals surface area contributed by atoms with Crippen molar-refractivity contribution in [1.82, 2.24) is 10.3 Å². The molecule has 2 heterocycles. The van der Waals surface area contributed by atoms with E-state index in [9.17, 15) is 14.4 Å². The minimum Gasteiger partial charge on any atom is -0.277 e. The number of aromatic nitrogens is 1. The number of fused-ring (bicyclic) bond motifs is 1. The summed E-state index contributed by atoms with van der Waals surface area (Å²) in [6.07, 6.45) is 1.12. The fourth-order valence-corrected chi connectivity index (χ4v) is 3.10. The molecule has 1 aliphatic heterocycles. The summed E-state index contributed by atoms with van der Waals surface area (Å²) in [6, 6.07) is 4.47. The second-order valence-corrected chi connectivity index (χ2v) is 5.70. The van der Waals surface area contributed by atoms with Crippen molar-refractivity contribution in [2.45, 2.75) is 19.8 Å². The Hall–Kier alpha value is -2.28. The highest BCUT2D eigenvalue weighted by Gasteiger charge is 2.40. The monoisotopic (exact) mass is 303 g/mol. The maximum atomic E-state index is 12.4. The lowest BCUT2D eigenvalue weighted by atomic mass is 9.99. The molecule has 0 saturated carbocycles. The lowest BCUT2D eigenvalue weighted by molar-refractivity contribution is -0.134. The zero-order chi connectivity index (χ0) is 15.0. The van der Waals surface area contributed by atoms with Crippen molar-refractivity contribution in [3.63, 3.8) is 0 Å². The molecule has 3 rings (SSSR count). The number of benzene rings is 1. The summed E-state index contributed by atoms with van der Waals surface area (Å²) in [5, 5.41) is 2.25. The zero-order valence-electron chi connectivity index (χ0n) is 11.3. The Balaban J connectivity index is 2.00. The number of imide groups is 2. The molecule has 0 spiro atoms. The Bertz CT molecular complexity index is 740. The van der Waals surface area contributed by atoms with Gasteiger partial charge in [-0.1, -0.05) is 13.3 Å². The lowest BCUT2D eigenvalue weighted by Crippen LogP contribution is -2.58. The Labute approximate surface area is 124 Å². The summed E-state index contributed by atoms with van der Waals surface area (Å²) < 4.78 is 0.886. The van der Waals surface area contributed by atoms with Crippen molar-refractivity contribution in [3.05, 3.63) is 23.7 Å². The van der Waals surface area contributed by atoms with Gasteiger partial charge in [0.1, 0.15) is 5.92 Å². The Morgan fingerprint density at radius 2 is 2.14 bits per heavy atom. The molecular formula is C14H13N3O3S. The molecule has 4 amide bonds. The van der Waals surface area contributed by atoms with E-state index in [1.54, 1.807) is 23.7 Å². The fourth-order valence-electron chi connectivity index (χ4n) is 2.39. The molecule has 21 heavy (non-hydrogen) atoms. The van der Waals surface area contributed by atoms with Gasteiger partial charge >= 0.3 is 6.03 Å². The number of urea groups is 1. The van der Waals surface area contributed by atoms with Crippen LogP contribution in [0.2, 0.25) is 0 Å². The summed E-state index contributed by atoms with van der Waals surface area (Å²) in [4.78, 5) is 41.4. The predicted octanol–water partition coefficient (Wildman–Crippen LogP) is 2.30. The highest BCUT2D eigenvalue weighted by molar-refractivity contribution is 7.16. The molecule has 1 aromatic carbocycles. The van der Waals surface area contributed by atoms with E-state index in [4.69, 9.17) is 0 Å². The molecule has 6 nitrogen and oxygen atoms in total. The Kier molecular flexibility index (Phi) is 3.42. The van der Waals surface area contributed by atoms with Crippen LogP contribution in [-0.4, -0.2) is 22.8 Å². The van der Waals surface area contributed by atoms with E-state index in [-0.39, 0.29) is 0 Å². The van der Waals surface area contributed by atoms with Crippen LogP contribution in [0.3, 0.4) is 0 Å². The van der Waals surface area contributed by atoms with Crippen LogP contribution in [0.1, 0.15) is 19.8 Å². The topological polar surface area (TPSA) is 79.4 Å². The maximum absolute atomic E-state index is 12.4.